The number of hydrogen-bond acceptors (Lipinski definition) is 4. The Labute approximate surface area is 156 Å². The van der Waals surface area contributed by atoms with Crippen molar-refractivity contribution in [3.63, 3.8) is 0 Å². The summed E-state index contributed by atoms with van der Waals surface area (Å²) in [5.74, 6) is 0.449. The highest BCUT2D eigenvalue weighted by molar-refractivity contribution is 5.79. The van der Waals surface area contributed by atoms with Crippen LogP contribution in [-0.2, 0) is 16.0 Å². The number of hydrogen-bond donors (Lipinski definition) is 0. The molecule has 0 bridgehead atoms. The van der Waals surface area contributed by atoms with Gasteiger partial charge in [-0.2, -0.15) is 0 Å². The van der Waals surface area contributed by atoms with Gasteiger partial charge in [-0.3, -0.25) is 14.6 Å². The highest BCUT2D eigenvalue weighted by Crippen LogP contribution is 2.39. The number of likely N-dealkylation sites (N-methyl/N-ethyl adjacent to an activating group) is 1. The summed E-state index contributed by atoms with van der Waals surface area (Å²) in [6.45, 7) is 4.06. The van der Waals surface area contributed by atoms with Crippen LogP contribution in [0.2, 0.25) is 0 Å². The Morgan fingerprint density at radius 1 is 1.23 bits per heavy atom. The molecule has 1 spiro atoms. The molecule has 0 N–H and O–H groups in total. The molecule has 0 saturated carbocycles. The first-order valence-electron chi connectivity index (χ1n) is 9.57. The zero-order valence-corrected chi connectivity index (χ0v) is 16.0. The molecule has 3 heterocycles. The molecule has 26 heavy (non-hydrogen) atoms. The molecule has 142 valence electrons. The molecule has 2 aliphatic heterocycles. The third-order valence-electron chi connectivity index (χ3n) is 5.68. The van der Waals surface area contributed by atoms with Crippen LogP contribution in [0.3, 0.4) is 0 Å². The lowest BCUT2D eigenvalue weighted by Crippen LogP contribution is -2.56. The Kier molecular flexibility index (Phi) is 5.91. The molecule has 2 saturated heterocycles. The average Bonchev–Trinajstić information content (AvgIpc) is 2.63. The van der Waals surface area contributed by atoms with E-state index in [1.165, 1.54) is 0 Å². The van der Waals surface area contributed by atoms with Crippen LogP contribution in [0.5, 0.6) is 0 Å². The number of nitrogens with zero attached hydrogens (tertiary/aromatic N) is 4. The van der Waals surface area contributed by atoms with Gasteiger partial charge in [-0.25, -0.2) is 0 Å². The lowest BCUT2D eigenvalue weighted by molar-refractivity contribution is -0.142. The fourth-order valence-electron chi connectivity index (χ4n) is 4.17. The fourth-order valence-corrected chi connectivity index (χ4v) is 4.17. The third-order valence-corrected chi connectivity index (χ3v) is 5.68. The van der Waals surface area contributed by atoms with E-state index in [1.807, 2.05) is 36.0 Å². The minimum Gasteiger partial charge on any atom is -0.342 e. The molecule has 6 heteroatoms. The van der Waals surface area contributed by atoms with Gasteiger partial charge < -0.3 is 14.7 Å². The molecule has 0 aliphatic carbocycles. The van der Waals surface area contributed by atoms with Gasteiger partial charge in [0, 0.05) is 57.0 Å². The molecule has 1 aromatic heterocycles. The number of carbonyl (C=O) groups excluding carboxylic acids is 2. The van der Waals surface area contributed by atoms with E-state index < -0.39 is 0 Å². The standard InChI is InChI=1S/C20H30N4O2/c1-22(2)12-13-24-16-20(8-4-18(24)25)7-3-11-23(15-20)19(26)14-17-5-9-21-10-6-17/h5-6,9-10H,3-4,7-8,11-16H2,1-2H3/t20-/m1/s1. The first kappa shape index (κ1) is 18.8. The summed E-state index contributed by atoms with van der Waals surface area (Å²) in [4.78, 5) is 35.2. The molecule has 1 aromatic rings. The van der Waals surface area contributed by atoms with Gasteiger partial charge in [-0.1, -0.05) is 0 Å². The molecule has 2 amide bonds. The van der Waals surface area contributed by atoms with E-state index in [9.17, 15) is 9.59 Å². The number of likely N-dealkylation sites (tertiary alicyclic amines) is 2. The Balaban J connectivity index is 1.63. The molecule has 2 fully saturated rings. The number of carbonyl (C=O) groups is 2. The molecule has 0 radical (unpaired) electrons. The van der Waals surface area contributed by atoms with Crippen molar-refractivity contribution < 1.29 is 9.59 Å². The lowest BCUT2D eigenvalue weighted by Gasteiger charge is -2.48. The van der Waals surface area contributed by atoms with Crippen LogP contribution in [0, 0.1) is 5.41 Å². The Bertz CT molecular complexity index is 634. The normalized spacial score (nSPS) is 23.7. The van der Waals surface area contributed by atoms with Crippen molar-refractivity contribution >= 4 is 11.8 Å². The molecular formula is C20H30N4O2. The second-order valence-electron chi connectivity index (χ2n) is 8.07. The third kappa shape index (κ3) is 4.61. The molecule has 3 rings (SSSR count). The van der Waals surface area contributed by atoms with Gasteiger partial charge in [0.15, 0.2) is 0 Å². The number of aromatic nitrogens is 1. The van der Waals surface area contributed by atoms with Crippen LogP contribution >= 0.6 is 0 Å². The minimum absolute atomic E-state index is 0.0758. The minimum atomic E-state index is 0.0758. The van der Waals surface area contributed by atoms with Gasteiger partial charge in [-0.15, -0.1) is 0 Å². The summed E-state index contributed by atoms with van der Waals surface area (Å²) >= 11 is 0. The number of amides is 2. The molecule has 0 unspecified atom stereocenters. The van der Waals surface area contributed by atoms with E-state index in [-0.39, 0.29) is 17.2 Å². The van der Waals surface area contributed by atoms with Crippen molar-refractivity contribution in [1.82, 2.24) is 19.7 Å². The van der Waals surface area contributed by atoms with Gasteiger partial charge >= 0.3 is 0 Å². The maximum atomic E-state index is 12.8. The molecule has 2 aliphatic rings. The highest BCUT2D eigenvalue weighted by atomic mass is 16.2. The van der Waals surface area contributed by atoms with Crippen molar-refractivity contribution in [1.29, 1.82) is 0 Å². The van der Waals surface area contributed by atoms with Gasteiger partial charge in [0.05, 0.1) is 6.42 Å². The first-order chi connectivity index (χ1) is 12.5. The Morgan fingerprint density at radius 2 is 2.00 bits per heavy atom. The SMILES string of the molecule is CN(C)CCN1C[C@]2(CCCN(C(=O)Cc3ccncc3)C2)CCC1=O. The van der Waals surface area contributed by atoms with Gasteiger partial charge in [-0.05, 0) is 51.1 Å². The molecular weight excluding hydrogens is 328 g/mol. The zero-order valence-electron chi connectivity index (χ0n) is 16.0. The van der Waals surface area contributed by atoms with E-state index in [0.29, 0.717) is 12.8 Å². The Morgan fingerprint density at radius 3 is 2.73 bits per heavy atom. The maximum Gasteiger partial charge on any atom is 0.227 e. The van der Waals surface area contributed by atoms with Crippen molar-refractivity contribution in [2.24, 2.45) is 5.41 Å². The van der Waals surface area contributed by atoms with E-state index in [0.717, 1.165) is 57.5 Å². The summed E-state index contributed by atoms with van der Waals surface area (Å²) in [7, 11) is 4.06. The average molecular weight is 358 g/mol. The number of rotatable bonds is 5. The number of piperidine rings is 2. The summed E-state index contributed by atoms with van der Waals surface area (Å²) in [5, 5.41) is 0. The smallest absolute Gasteiger partial charge is 0.227 e. The fraction of sp³-hybridized carbons (Fsp3) is 0.650. The molecule has 0 aromatic carbocycles. The Hall–Kier alpha value is -1.95. The van der Waals surface area contributed by atoms with Crippen molar-refractivity contribution in [3.05, 3.63) is 30.1 Å². The van der Waals surface area contributed by atoms with Crippen molar-refractivity contribution in [2.75, 3.05) is 46.8 Å². The maximum absolute atomic E-state index is 12.8. The van der Waals surface area contributed by atoms with Crippen LogP contribution in [-0.4, -0.2) is 78.3 Å². The second-order valence-corrected chi connectivity index (χ2v) is 8.07. The van der Waals surface area contributed by atoms with Crippen LogP contribution in [0.25, 0.3) is 0 Å². The van der Waals surface area contributed by atoms with E-state index in [2.05, 4.69) is 9.88 Å². The zero-order chi connectivity index (χ0) is 18.6. The van der Waals surface area contributed by atoms with Crippen LogP contribution in [0.1, 0.15) is 31.2 Å². The predicted molar refractivity (Wildman–Crippen MR) is 101 cm³/mol. The lowest BCUT2D eigenvalue weighted by atomic mass is 9.73. The second kappa shape index (κ2) is 8.16. The monoisotopic (exact) mass is 358 g/mol. The predicted octanol–water partition coefficient (Wildman–Crippen LogP) is 1.42. The quantitative estimate of drug-likeness (QED) is 0.799. The van der Waals surface area contributed by atoms with Gasteiger partial charge in [0.2, 0.25) is 11.8 Å². The van der Waals surface area contributed by atoms with E-state index >= 15 is 0 Å². The van der Waals surface area contributed by atoms with Crippen LogP contribution < -0.4 is 0 Å². The number of pyridine rings is 1. The van der Waals surface area contributed by atoms with Gasteiger partial charge in [0.25, 0.3) is 0 Å². The summed E-state index contributed by atoms with van der Waals surface area (Å²) < 4.78 is 0. The first-order valence-corrected chi connectivity index (χ1v) is 9.57. The summed E-state index contributed by atoms with van der Waals surface area (Å²) in [6.07, 6.45) is 7.55. The van der Waals surface area contributed by atoms with Crippen molar-refractivity contribution in [2.45, 2.75) is 32.1 Å². The largest absolute Gasteiger partial charge is 0.342 e. The van der Waals surface area contributed by atoms with E-state index in [1.54, 1.807) is 12.4 Å². The topological polar surface area (TPSA) is 56.8 Å². The van der Waals surface area contributed by atoms with E-state index in [4.69, 9.17) is 0 Å². The summed E-state index contributed by atoms with van der Waals surface area (Å²) in [6, 6.07) is 3.81. The highest BCUT2D eigenvalue weighted by Gasteiger charge is 2.42. The summed E-state index contributed by atoms with van der Waals surface area (Å²) in [5.41, 5.74) is 1.09. The van der Waals surface area contributed by atoms with Crippen LogP contribution in [0.4, 0.5) is 0 Å². The van der Waals surface area contributed by atoms with Crippen LogP contribution in [0.15, 0.2) is 24.5 Å². The van der Waals surface area contributed by atoms with Crippen molar-refractivity contribution in [3.8, 4) is 0 Å². The molecule has 6 nitrogen and oxygen atoms in total. The molecule has 1 atom stereocenters. The van der Waals surface area contributed by atoms with Gasteiger partial charge in [0.1, 0.15) is 0 Å².